The summed E-state index contributed by atoms with van der Waals surface area (Å²) < 4.78 is 0. The lowest BCUT2D eigenvalue weighted by molar-refractivity contribution is -0.132. The van der Waals surface area contributed by atoms with Crippen molar-refractivity contribution in [3.63, 3.8) is 0 Å². The number of carboxylic acid groups (broad SMARTS) is 1. The minimum atomic E-state index is -0.849. The second kappa shape index (κ2) is 2.94. The van der Waals surface area contributed by atoms with Gasteiger partial charge in [-0.05, 0) is 29.9 Å². The number of aromatic amines is 1. The number of H-pyrrole nitrogens is 1. The number of fused-ring (bicyclic) bond motifs is 1. The Bertz CT molecular complexity index is 479. The van der Waals surface area contributed by atoms with Crippen LogP contribution in [0.3, 0.4) is 0 Å². The van der Waals surface area contributed by atoms with Gasteiger partial charge >= 0.3 is 5.97 Å². The van der Waals surface area contributed by atoms with Crippen LogP contribution in [-0.2, 0) is 4.79 Å². The molecule has 0 atom stereocenters. The van der Waals surface area contributed by atoms with Crippen molar-refractivity contribution in [2.75, 3.05) is 0 Å². The predicted molar refractivity (Wildman–Crippen MR) is 49.3 cm³/mol. The van der Waals surface area contributed by atoms with Crippen LogP contribution in [0.2, 0.25) is 0 Å². The molecule has 66 valence electrons. The van der Waals surface area contributed by atoms with Gasteiger partial charge in [0.2, 0.25) is 0 Å². The Hall–Kier alpha value is -1.77. The van der Waals surface area contributed by atoms with Gasteiger partial charge < -0.3 is 10.1 Å². The van der Waals surface area contributed by atoms with Crippen LogP contribution in [-0.4, -0.2) is 16.1 Å². The molecule has 0 amide bonds. The van der Waals surface area contributed by atoms with Crippen LogP contribution in [0.5, 0.6) is 0 Å². The molecule has 0 saturated carbocycles. The average molecular weight is 175 g/mol. The molecule has 0 aliphatic heterocycles. The zero-order chi connectivity index (χ0) is 9.26. The fourth-order valence-electron chi connectivity index (χ4n) is 1.35. The molecule has 13 heavy (non-hydrogen) atoms. The van der Waals surface area contributed by atoms with E-state index in [1.54, 1.807) is 12.2 Å². The van der Waals surface area contributed by atoms with E-state index >= 15 is 0 Å². The fourth-order valence-corrected chi connectivity index (χ4v) is 1.35. The number of hydrogen-bond acceptors (Lipinski definition) is 1. The van der Waals surface area contributed by atoms with Crippen molar-refractivity contribution in [3.8, 4) is 0 Å². The largest absolute Gasteiger partial charge is 0.478 e. The third kappa shape index (κ3) is 1.40. The quantitative estimate of drug-likeness (QED) is 0.630. The van der Waals surface area contributed by atoms with Crippen molar-refractivity contribution in [1.82, 2.24) is 4.98 Å². The van der Waals surface area contributed by atoms with Crippen LogP contribution in [0.25, 0.3) is 12.2 Å². The lowest BCUT2D eigenvalue weighted by Gasteiger charge is -1.92. The summed E-state index contributed by atoms with van der Waals surface area (Å²) >= 11 is 0. The van der Waals surface area contributed by atoms with Crippen molar-refractivity contribution in [2.24, 2.45) is 0 Å². The summed E-state index contributed by atoms with van der Waals surface area (Å²) in [6.07, 6.45) is 7.67. The minimum absolute atomic E-state index is 0.421. The molecule has 0 fully saturated rings. The first-order valence-electron chi connectivity index (χ1n) is 4.05. The van der Waals surface area contributed by atoms with Crippen molar-refractivity contribution >= 4 is 18.1 Å². The van der Waals surface area contributed by atoms with Crippen LogP contribution in [0, 0.1) is 0 Å². The van der Waals surface area contributed by atoms with E-state index in [9.17, 15) is 4.79 Å². The zero-order valence-electron chi connectivity index (χ0n) is 6.95. The lowest BCUT2D eigenvalue weighted by atomic mass is 10.2. The van der Waals surface area contributed by atoms with Gasteiger partial charge in [0.15, 0.2) is 0 Å². The Balaban J connectivity index is 2.54. The third-order valence-corrected chi connectivity index (χ3v) is 2.08. The Morgan fingerprint density at radius 1 is 1.46 bits per heavy atom. The third-order valence-electron chi connectivity index (χ3n) is 2.08. The number of aromatic nitrogens is 1. The van der Waals surface area contributed by atoms with E-state index in [-0.39, 0.29) is 0 Å². The zero-order valence-corrected chi connectivity index (χ0v) is 6.95. The van der Waals surface area contributed by atoms with E-state index in [0.29, 0.717) is 12.0 Å². The van der Waals surface area contributed by atoms with Gasteiger partial charge in [0.1, 0.15) is 0 Å². The second-order valence-electron chi connectivity index (χ2n) is 2.92. The van der Waals surface area contributed by atoms with Crippen molar-refractivity contribution in [2.45, 2.75) is 6.42 Å². The first-order chi connectivity index (χ1) is 6.27. The van der Waals surface area contributed by atoms with Crippen LogP contribution in [0.15, 0.2) is 23.9 Å². The van der Waals surface area contributed by atoms with Gasteiger partial charge in [-0.25, -0.2) is 4.79 Å². The molecule has 0 unspecified atom stereocenters. The topological polar surface area (TPSA) is 53.1 Å². The number of carbonyl (C=O) groups is 1. The molecule has 1 aromatic heterocycles. The highest BCUT2D eigenvalue weighted by Crippen LogP contribution is 2.03. The maximum absolute atomic E-state index is 10.7. The molecule has 0 spiro atoms. The molecular weight excluding hydrogens is 166 g/mol. The van der Waals surface area contributed by atoms with Gasteiger partial charge in [-0.1, -0.05) is 6.08 Å². The maximum Gasteiger partial charge on any atom is 0.331 e. The van der Waals surface area contributed by atoms with E-state index in [1.165, 1.54) is 0 Å². The molecular formula is C10H9NO2. The van der Waals surface area contributed by atoms with E-state index in [0.717, 1.165) is 10.6 Å². The van der Waals surface area contributed by atoms with Crippen molar-refractivity contribution in [3.05, 3.63) is 34.5 Å². The highest BCUT2D eigenvalue weighted by molar-refractivity contribution is 5.89. The van der Waals surface area contributed by atoms with E-state index < -0.39 is 5.97 Å². The SMILES string of the molecule is O=C(O)C1=CC=c2[nH]ccc2=CC1. The Morgan fingerprint density at radius 3 is 3.08 bits per heavy atom. The average Bonchev–Trinajstić information content (AvgIpc) is 2.44. The summed E-state index contributed by atoms with van der Waals surface area (Å²) in [6.45, 7) is 0. The molecule has 0 saturated heterocycles. The van der Waals surface area contributed by atoms with E-state index in [2.05, 4.69) is 4.98 Å². The van der Waals surface area contributed by atoms with E-state index in [1.807, 2.05) is 18.3 Å². The Labute approximate surface area is 74.7 Å². The standard InChI is InChI=1S/C10H9NO2/c12-10(13)8-2-1-7-5-6-11-9(7)4-3-8/h1,3-6,11H,2H2,(H,12,13). The first-order valence-corrected chi connectivity index (χ1v) is 4.05. The van der Waals surface area contributed by atoms with Gasteiger partial charge in [0.25, 0.3) is 0 Å². The van der Waals surface area contributed by atoms with Gasteiger partial charge in [-0.3, -0.25) is 0 Å². The van der Waals surface area contributed by atoms with Crippen LogP contribution >= 0.6 is 0 Å². The van der Waals surface area contributed by atoms with E-state index in [4.69, 9.17) is 5.11 Å². The predicted octanol–water partition coefficient (Wildman–Crippen LogP) is -0.00960. The second-order valence-corrected chi connectivity index (χ2v) is 2.92. The monoisotopic (exact) mass is 175 g/mol. The van der Waals surface area contributed by atoms with Crippen molar-refractivity contribution < 1.29 is 9.90 Å². The molecule has 1 heterocycles. The van der Waals surface area contributed by atoms with Crippen LogP contribution in [0.4, 0.5) is 0 Å². The molecule has 2 rings (SSSR count). The molecule has 0 radical (unpaired) electrons. The molecule has 3 heteroatoms. The van der Waals surface area contributed by atoms with Crippen molar-refractivity contribution in [1.29, 1.82) is 0 Å². The number of allylic oxidation sites excluding steroid dienone is 1. The molecule has 3 nitrogen and oxygen atoms in total. The van der Waals surface area contributed by atoms with Gasteiger partial charge in [-0.2, -0.15) is 0 Å². The Kier molecular flexibility index (Phi) is 1.77. The highest BCUT2D eigenvalue weighted by Gasteiger charge is 2.05. The molecule has 0 bridgehead atoms. The number of carboxylic acids is 1. The molecule has 1 aliphatic rings. The summed E-state index contributed by atoms with van der Waals surface area (Å²) in [5.74, 6) is -0.849. The smallest absolute Gasteiger partial charge is 0.331 e. The summed E-state index contributed by atoms with van der Waals surface area (Å²) in [5, 5.41) is 10.8. The number of hydrogen-bond donors (Lipinski definition) is 2. The molecule has 1 aliphatic carbocycles. The minimum Gasteiger partial charge on any atom is -0.478 e. The van der Waals surface area contributed by atoms with Gasteiger partial charge in [0.05, 0.1) is 0 Å². The normalized spacial score (nSPS) is 14.6. The number of aliphatic carboxylic acids is 1. The molecule has 0 aromatic carbocycles. The fraction of sp³-hybridized carbons (Fsp3) is 0.100. The summed E-state index contributed by atoms with van der Waals surface area (Å²) in [4.78, 5) is 13.7. The Morgan fingerprint density at radius 2 is 2.31 bits per heavy atom. The number of nitrogens with one attached hydrogen (secondary N) is 1. The lowest BCUT2D eigenvalue weighted by Crippen LogP contribution is -2.20. The van der Waals surface area contributed by atoms with Crippen LogP contribution in [0.1, 0.15) is 6.42 Å². The number of rotatable bonds is 1. The summed E-state index contributed by atoms with van der Waals surface area (Å²) in [6, 6.07) is 1.93. The van der Waals surface area contributed by atoms with Crippen LogP contribution < -0.4 is 10.6 Å². The molecule has 2 N–H and O–H groups in total. The first kappa shape index (κ1) is 7.86. The summed E-state index contributed by atoms with van der Waals surface area (Å²) in [7, 11) is 0. The highest BCUT2D eigenvalue weighted by atomic mass is 16.4. The van der Waals surface area contributed by atoms with Gasteiger partial charge in [-0.15, -0.1) is 0 Å². The summed E-state index contributed by atoms with van der Waals surface area (Å²) in [5.41, 5.74) is 0.421. The van der Waals surface area contributed by atoms with Gasteiger partial charge in [0, 0.05) is 17.1 Å². The molecule has 1 aromatic rings. The maximum atomic E-state index is 10.7.